The lowest BCUT2D eigenvalue weighted by atomic mass is 10.1. The smallest absolute Gasteiger partial charge is 0.307 e. The first kappa shape index (κ1) is 26.3. The van der Waals surface area contributed by atoms with Gasteiger partial charge in [0.25, 0.3) is 5.69 Å². The average molecular weight is 512 g/mol. The number of nitro groups is 1. The predicted octanol–water partition coefficient (Wildman–Crippen LogP) is 5.22. The van der Waals surface area contributed by atoms with E-state index in [0.29, 0.717) is 30.2 Å². The minimum Gasteiger partial charge on any atom is -0.469 e. The maximum atomic E-state index is 11.9. The van der Waals surface area contributed by atoms with Gasteiger partial charge in [-0.25, -0.2) is 0 Å². The topological polar surface area (TPSA) is 126 Å². The van der Waals surface area contributed by atoms with Gasteiger partial charge in [-0.3, -0.25) is 30.6 Å². The summed E-state index contributed by atoms with van der Waals surface area (Å²) in [6.07, 6.45) is 0.193. The summed E-state index contributed by atoms with van der Waals surface area (Å²) in [5, 5.41) is 13.9. The monoisotopic (exact) mass is 511 g/mol. The predicted molar refractivity (Wildman–Crippen MR) is 140 cm³/mol. The summed E-state index contributed by atoms with van der Waals surface area (Å²) in [5.74, 6) is -0.592. The van der Waals surface area contributed by atoms with Crippen molar-refractivity contribution in [2.45, 2.75) is 19.9 Å². The van der Waals surface area contributed by atoms with Gasteiger partial charge in [0.2, 0.25) is 5.91 Å². The quantitative estimate of drug-likeness (QED) is 0.182. The number of benzene rings is 3. The van der Waals surface area contributed by atoms with Crippen molar-refractivity contribution in [2.75, 3.05) is 34.7 Å². The number of hydrazine groups is 1. The third-order valence-electron chi connectivity index (χ3n) is 5.20. The van der Waals surface area contributed by atoms with Crippen molar-refractivity contribution in [3.63, 3.8) is 0 Å². The lowest BCUT2D eigenvalue weighted by Crippen LogP contribution is -2.26. The molecule has 0 aliphatic rings. The summed E-state index contributed by atoms with van der Waals surface area (Å²) in [7, 11) is 1.35. The first-order valence-corrected chi connectivity index (χ1v) is 11.4. The molecule has 0 radical (unpaired) electrons. The highest BCUT2D eigenvalue weighted by atomic mass is 35.5. The molecule has 0 aromatic heterocycles. The highest BCUT2D eigenvalue weighted by Crippen LogP contribution is 2.31. The number of rotatable bonds is 11. The van der Waals surface area contributed by atoms with Crippen LogP contribution in [0, 0.1) is 10.1 Å². The Morgan fingerprint density at radius 3 is 2.33 bits per heavy atom. The van der Waals surface area contributed by atoms with Gasteiger partial charge in [-0.1, -0.05) is 41.9 Å². The van der Waals surface area contributed by atoms with Crippen molar-refractivity contribution in [1.82, 2.24) is 0 Å². The van der Waals surface area contributed by atoms with E-state index in [1.165, 1.54) is 32.2 Å². The fourth-order valence-electron chi connectivity index (χ4n) is 3.42. The molecule has 36 heavy (non-hydrogen) atoms. The lowest BCUT2D eigenvalue weighted by Gasteiger charge is -2.26. The summed E-state index contributed by atoms with van der Waals surface area (Å²) in [5.41, 5.74) is 9.06. The number of methoxy groups -OCH3 is 1. The van der Waals surface area contributed by atoms with E-state index in [-0.39, 0.29) is 29.0 Å². The van der Waals surface area contributed by atoms with E-state index in [9.17, 15) is 19.7 Å². The zero-order chi connectivity index (χ0) is 26.1. The number of hydrogen-bond donors (Lipinski definition) is 3. The number of nitro benzene ring substituents is 1. The first-order valence-electron chi connectivity index (χ1n) is 11.0. The van der Waals surface area contributed by atoms with Gasteiger partial charge < -0.3 is 15.0 Å². The minimum absolute atomic E-state index is 0.126. The van der Waals surface area contributed by atoms with Crippen LogP contribution in [0.25, 0.3) is 0 Å². The summed E-state index contributed by atoms with van der Waals surface area (Å²) in [6, 6.07) is 19.3. The maximum absolute atomic E-state index is 11.9. The average Bonchev–Trinajstić information content (AvgIpc) is 2.86. The number of anilines is 4. The number of hydrogen-bond acceptors (Lipinski definition) is 8. The molecule has 0 unspecified atom stereocenters. The number of nitrogens with one attached hydrogen (secondary N) is 3. The molecule has 3 N–H and O–H groups in total. The molecule has 0 aliphatic heterocycles. The van der Waals surface area contributed by atoms with Crippen molar-refractivity contribution in [3.05, 3.63) is 87.4 Å². The SMILES string of the molecule is COC(=O)CCN(Cc1ccccc1)c1ccc(NNc2ccc([N+](=O)[O-])cc2Cl)c(NC(C)=O)c1. The Kier molecular flexibility index (Phi) is 9.07. The second-order valence-electron chi connectivity index (χ2n) is 7.82. The number of esters is 1. The van der Waals surface area contributed by atoms with Crippen LogP contribution in [0.2, 0.25) is 5.02 Å². The van der Waals surface area contributed by atoms with E-state index in [4.69, 9.17) is 16.3 Å². The van der Waals surface area contributed by atoms with Crippen molar-refractivity contribution >= 4 is 51.9 Å². The van der Waals surface area contributed by atoms with Gasteiger partial charge >= 0.3 is 5.97 Å². The molecule has 3 aromatic rings. The van der Waals surface area contributed by atoms with Crippen molar-refractivity contribution in [3.8, 4) is 0 Å². The Hall–Kier alpha value is -4.31. The largest absolute Gasteiger partial charge is 0.469 e. The highest BCUT2D eigenvalue weighted by Gasteiger charge is 2.15. The van der Waals surface area contributed by atoms with Crippen LogP contribution in [0.1, 0.15) is 18.9 Å². The summed E-state index contributed by atoms with van der Waals surface area (Å²) in [6.45, 7) is 2.35. The fourth-order valence-corrected chi connectivity index (χ4v) is 3.64. The highest BCUT2D eigenvalue weighted by molar-refractivity contribution is 6.33. The normalized spacial score (nSPS) is 10.3. The Balaban J connectivity index is 1.86. The summed E-state index contributed by atoms with van der Waals surface area (Å²) >= 11 is 6.16. The van der Waals surface area contributed by atoms with E-state index in [0.717, 1.165) is 11.3 Å². The summed E-state index contributed by atoms with van der Waals surface area (Å²) < 4.78 is 4.80. The molecule has 0 aliphatic carbocycles. The third-order valence-corrected chi connectivity index (χ3v) is 5.52. The van der Waals surface area contributed by atoms with Crippen molar-refractivity contribution < 1.29 is 19.2 Å². The molecular formula is C25H26ClN5O5. The van der Waals surface area contributed by atoms with E-state index >= 15 is 0 Å². The second-order valence-corrected chi connectivity index (χ2v) is 8.22. The number of amides is 1. The standard InChI is InChI=1S/C25H26ClN5O5/c1-17(32)27-24-15-19(30(13-12-25(33)36-2)16-18-6-4-3-5-7-18)8-11-23(24)29-28-22-10-9-20(31(34)35)14-21(22)26/h3-11,14-15,28-29H,12-13,16H2,1-2H3,(H,27,32). The van der Waals surface area contributed by atoms with Crippen LogP contribution >= 0.6 is 11.6 Å². The molecule has 0 spiro atoms. The van der Waals surface area contributed by atoms with E-state index < -0.39 is 4.92 Å². The van der Waals surface area contributed by atoms with Crippen LogP contribution in [0.5, 0.6) is 0 Å². The molecule has 10 nitrogen and oxygen atoms in total. The van der Waals surface area contributed by atoms with E-state index in [1.54, 1.807) is 12.1 Å². The number of ether oxygens (including phenoxy) is 1. The number of carbonyl (C=O) groups is 2. The van der Waals surface area contributed by atoms with Crippen LogP contribution in [0.15, 0.2) is 66.7 Å². The first-order chi connectivity index (χ1) is 17.3. The molecule has 0 fully saturated rings. The molecule has 11 heteroatoms. The molecule has 188 valence electrons. The molecule has 1 amide bonds. The van der Waals surface area contributed by atoms with Gasteiger partial charge in [0.05, 0.1) is 40.5 Å². The molecule has 0 saturated heterocycles. The molecule has 0 atom stereocenters. The van der Waals surface area contributed by atoms with Crippen LogP contribution in [0.3, 0.4) is 0 Å². The van der Waals surface area contributed by atoms with Gasteiger partial charge in [0.1, 0.15) is 0 Å². The minimum atomic E-state index is -0.530. The molecular weight excluding hydrogens is 486 g/mol. The van der Waals surface area contributed by atoms with Crippen LogP contribution in [-0.4, -0.2) is 30.5 Å². The second kappa shape index (κ2) is 12.4. The number of nitrogens with zero attached hydrogens (tertiary/aromatic N) is 2. The molecule has 3 rings (SSSR count). The summed E-state index contributed by atoms with van der Waals surface area (Å²) in [4.78, 5) is 36.1. The zero-order valence-corrected chi connectivity index (χ0v) is 20.5. The van der Waals surface area contributed by atoms with Crippen molar-refractivity contribution in [1.29, 1.82) is 0 Å². The van der Waals surface area contributed by atoms with Gasteiger partial charge in [-0.2, -0.15) is 0 Å². The number of carbonyl (C=O) groups excluding carboxylic acids is 2. The van der Waals surface area contributed by atoms with Crippen molar-refractivity contribution in [2.24, 2.45) is 0 Å². The molecule has 3 aromatic carbocycles. The Morgan fingerprint density at radius 1 is 1.00 bits per heavy atom. The number of halogens is 1. The van der Waals surface area contributed by atoms with E-state index in [1.807, 2.05) is 41.3 Å². The van der Waals surface area contributed by atoms with Gasteiger partial charge in [-0.15, -0.1) is 0 Å². The fraction of sp³-hybridized carbons (Fsp3) is 0.200. The number of non-ortho nitro benzene ring substituents is 1. The third kappa shape index (κ3) is 7.34. The Labute approximate surface area is 213 Å². The zero-order valence-electron chi connectivity index (χ0n) is 19.8. The van der Waals surface area contributed by atoms with Gasteiger partial charge in [-0.05, 0) is 29.8 Å². The Bertz CT molecular complexity index is 1240. The van der Waals surface area contributed by atoms with Crippen LogP contribution in [-0.2, 0) is 20.9 Å². The van der Waals surface area contributed by atoms with E-state index in [2.05, 4.69) is 16.2 Å². The van der Waals surface area contributed by atoms with Crippen LogP contribution in [0.4, 0.5) is 28.4 Å². The Morgan fingerprint density at radius 2 is 1.69 bits per heavy atom. The lowest BCUT2D eigenvalue weighted by molar-refractivity contribution is -0.384. The maximum Gasteiger partial charge on any atom is 0.307 e. The van der Waals surface area contributed by atoms with Gasteiger partial charge in [0.15, 0.2) is 0 Å². The van der Waals surface area contributed by atoms with Crippen LogP contribution < -0.4 is 21.1 Å². The molecule has 0 heterocycles. The van der Waals surface area contributed by atoms with Gasteiger partial charge in [0, 0.05) is 37.8 Å². The molecule has 0 saturated carbocycles. The molecule has 0 bridgehead atoms.